The normalized spacial score (nSPS) is 13.0. The minimum Gasteiger partial charge on any atom is -0.469 e. The summed E-state index contributed by atoms with van der Waals surface area (Å²) < 4.78 is 49.1. The molecule has 0 spiro atoms. The zero-order valence-corrected chi connectivity index (χ0v) is 22.1. The number of methoxy groups -OCH3 is 1. The van der Waals surface area contributed by atoms with E-state index in [0.29, 0.717) is 6.42 Å². The fourth-order valence-electron chi connectivity index (χ4n) is 3.41. The van der Waals surface area contributed by atoms with E-state index < -0.39 is 59.7 Å². The predicted octanol–water partition coefficient (Wildman–Crippen LogP) is 4.22. The average Bonchev–Trinajstić information content (AvgIpc) is 2.85. The number of nitrogens with one attached hydrogen (secondary N) is 3. The average molecular weight is 552 g/mol. The standard InChI is InChI=1S/C27H32F3N3O6/c1-26(2,3)39-25(37)33-21(16-22(34)38-4)24(36)32-20(14-13-17-9-6-5-7-10-17)23(35)31-19-12-8-11-18(15-19)27(28,29)30/h5-12,15,20-21H,13-14,16H2,1-4H3,(H,31,35)(H,32,36)(H,33,37)/t20?,21-/m0/s1. The molecular formula is C27H32F3N3O6. The molecule has 0 saturated carbocycles. The van der Waals surface area contributed by atoms with E-state index in [1.54, 1.807) is 32.9 Å². The van der Waals surface area contributed by atoms with Crippen LogP contribution in [0.4, 0.5) is 23.7 Å². The second-order valence-electron chi connectivity index (χ2n) is 9.63. The number of carbonyl (C=O) groups is 4. The third-order valence-corrected chi connectivity index (χ3v) is 5.26. The lowest BCUT2D eigenvalue weighted by Gasteiger charge is -2.25. The van der Waals surface area contributed by atoms with Crippen LogP contribution in [-0.4, -0.2) is 48.7 Å². The molecule has 0 aliphatic rings. The third-order valence-electron chi connectivity index (χ3n) is 5.26. The number of anilines is 1. The molecular weight excluding hydrogens is 519 g/mol. The summed E-state index contributed by atoms with van der Waals surface area (Å²) in [6, 6.07) is 10.4. The van der Waals surface area contributed by atoms with Crippen LogP contribution in [0.2, 0.25) is 0 Å². The molecule has 39 heavy (non-hydrogen) atoms. The molecule has 12 heteroatoms. The van der Waals surface area contributed by atoms with Gasteiger partial charge in [0.1, 0.15) is 17.7 Å². The van der Waals surface area contributed by atoms with E-state index in [1.807, 2.05) is 18.2 Å². The van der Waals surface area contributed by atoms with Crippen molar-refractivity contribution < 1.29 is 41.8 Å². The van der Waals surface area contributed by atoms with Gasteiger partial charge in [0.25, 0.3) is 0 Å². The van der Waals surface area contributed by atoms with Gasteiger partial charge >= 0.3 is 18.2 Å². The molecule has 1 unspecified atom stereocenters. The Hall–Kier alpha value is -4.09. The van der Waals surface area contributed by atoms with Crippen molar-refractivity contribution >= 4 is 29.6 Å². The summed E-state index contributed by atoms with van der Waals surface area (Å²) in [5.74, 6) is -2.48. The molecule has 0 aromatic heterocycles. The molecule has 0 bridgehead atoms. The Balaban J connectivity index is 2.26. The van der Waals surface area contributed by atoms with Crippen LogP contribution < -0.4 is 16.0 Å². The topological polar surface area (TPSA) is 123 Å². The maximum Gasteiger partial charge on any atom is 0.416 e. The summed E-state index contributed by atoms with van der Waals surface area (Å²) in [5.41, 5.74) is -1.11. The minimum absolute atomic E-state index is 0.0674. The number of esters is 1. The van der Waals surface area contributed by atoms with Crippen LogP contribution in [0.25, 0.3) is 0 Å². The molecule has 0 aliphatic heterocycles. The zero-order valence-electron chi connectivity index (χ0n) is 22.1. The van der Waals surface area contributed by atoms with E-state index in [2.05, 4.69) is 20.7 Å². The van der Waals surface area contributed by atoms with Gasteiger partial charge in [-0.1, -0.05) is 36.4 Å². The molecule has 3 N–H and O–H groups in total. The molecule has 0 aliphatic carbocycles. The van der Waals surface area contributed by atoms with Crippen molar-refractivity contribution in [1.82, 2.24) is 10.6 Å². The monoisotopic (exact) mass is 551 g/mol. The van der Waals surface area contributed by atoms with Gasteiger partial charge in [0, 0.05) is 5.69 Å². The maximum absolute atomic E-state index is 13.1. The van der Waals surface area contributed by atoms with Crippen LogP contribution in [0.5, 0.6) is 0 Å². The highest BCUT2D eigenvalue weighted by Crippen LogP contribution is 2.30. The fourth-order valence-corrected chi connectivity index (χ4v) is 3.41. The number of benzene rings is 2. The smallest absolute Gasteiger partial charge is 0.416 e. The first-order valence-electron chi connectivity index (χ1n) is 12.1. The van der Waals surface area contributed by atoms with Gasteiger partial charge in [0.15, 0.2) is 0 Å². The summed E-state index contributed by atoms with van der Waals surface area (Å²) in [6.45, 7) is 4.83. The molecule has 2 aromatic carbocycles. The molecule has 212 valence electrons. The van der Waals surface area contributed by atoms with Gasteiger partial charge in [0.05, 0.1) is 19.1 Å². The zero-order chi connectivity index (χ0) is 29.2. The molecule has 0 radical (unpaired) electrons. The second kappa shape index (κ2) is 13.6. The number of amides is 3. The summed E-state index contributed by atoms with van der Waals surface area (Å²) in [4.78, 5) is 50.5. The highest BCUT2D eigenvalue weighted by Gasteiger charge is 2.32. The van der Waals surface area contributed by atoms with Crippen molar-refractivity contribution in [2.24, 2.45) is 0 Å². The Bertz CT molecular complexity index is 1150. The Morgan fingerprint density at radius 2 is 1.54 bits per heavy atom. The number of ether oxygens (including phenoxy) is 2. The van der Waals surface area contributed by atoms with E-state index in [9.17, 15) is 32.3 Å². The van der Waals surface area contributed by atoms with Crippen LogP contribution in [0.15, 0.2) is 54.6 Å². The van der Waals surface area contributed by atoms with Gasteiger partial charge in [-0.25, -0.2) is 4.79 Å². The van der Waals surface area contributed by atoms with Gasteiger partial charge in [-0.3, -0.25) is 14.4 Å². The number of halogens is 3. The van der Waals surface area contributed by atoms with Crippen molar-refractivity contribution in [2.75, 3.05) is 12.4 Å². The quantitative estimate of drug-likeness (QED) is 0.380. The fraction of sp³-hybridized carbons (Fsp3) is 0.407. The lowest BCUT2D eigenvalue weighted by atomic mass is 10.0. The maximum atomic E-state index is 13.1. The molecule has 0 heterocycles. The van der Waals surface area contributed by atoms with Gasteiger partial charge in [-0.05, 0) is 57.4 Å². The lowest BCUT2D eigenvalue weighted by Crippen LogP contribution is -2.54. The highest BCUT2D eigenvalue weighted by atomic mass is 19.4. The number of carbonyl (C=O) groups excluding carboxylic acids is 4. The Kier molecular flexibility index (Phi) is 10.9. The number of hydrogen-bond acceptors (Lipinski definition) is 6. The minimum atomic E-state index is -4.61. The van der Waals surface area contributed by atoms with E-state index in [1.165, 1.54) is 6.07 Å². The van der Waals surface area contributed by atoms with Crippen molar-refractivity contribution in [3.05, 3.63) is 65.7 Å². The molecule has 0 fully saturated rings. The van der Waals surface area contributed by atoms with Crippen molar-refractivity contribution in [3.8, 4) is 0 Å². The Labute approximate surface area is 224 Å². The van der Waals surface area contributed by atoms with Crippen LogP contribution in [0.1, 0.15) is 44.7 Å². The Morgan fingerprint density at radius 1 is 0.872 bits per heavy atom. The molecule has 2 aromatic rings. The van der Waals surface area contributed by atoms with Gasteiger partial charge in [-0.2, -0.15) is 13.2 Å². The first-order valence-corrected chi connectivity index (χ1v) is 12.1. The first-order chi connectivity index (χ1) is 18.2. The summed E-state index contributed by atoms with van der Waals surface area (Å²) in [6.07, 6.45) is -5.74. The Morgan fingerprint density at radius 3 is 2.13 bits per heavy atom. The third kappa shape index (κ3) is 11.0. The van der Waals surface area contributed by atoms with Gasteiger partial charge < -0.3 is 25.4 Å². The number of rotatable bonds is 10. The number of alkyl halides is 3. The van der Waals surface area contributed by atoms with E-state index in [4.69, 9.17) is 4.74 Å². The van der Waals surface area contributed by atoms with E-state index >= 15 is 0 Å². The van der Waals surface area contributed by atoms with E-state index in [0.717, 1.165) is 30.9 Å². The predicted molar refractivity (Wildman–Crippen MR) is 137 cm³/mol. The molecule has 9 nitrogen and oxygen atoms in total. The van der Waals surface area contributed by atoms with Crippen molar-refractivity contribution in [1.29, 1.82) is 0 Å². The molecule has 3 amide bonds. The van der Waals surface area contributed by atoms with Gasteiger partial charge in [0.2, 0.25) is 11.8 Å². The molecule has 0 saturated heterocycles. The summed E-state index contributed by atoms with van der Waals surface area (Å²) in [5, 5.41) is 7.20. The van der Waals surface area contributed by atoms with E-state index in [-0.39, 0.29) is 12.1 Å². The second-order valence-corrected chi connectivity index (χ2v) is 9.63. The summed E-state index contributed by atoms with van der Waals surface area (Å²) >= 11 is 0. The highest BCUT2D eigenvalue weighted by molar-refractivity contribution is 5.99. The number of aryl methyl sites for hydroxylation is 1. The molecule has 2 rings (SSSR count). The lowest BCUT2D eigenvalue weighted by molar-refractivity contribution is -0.143. The van der Waals surface area contributed by atoms with Gasteiger partial charge in [-0.15, -0.1) is 0 Å². The van der Waals surface area contributed by atoms with Crippen molar-refractivity contribution in [2.45, 2.75) is 63.9 Å². The molecule has 2 atom stereocenters. The number of hydrogen-bond donors (Lipinski definition) is 3. The van der Waals surface area contributed by atoms with Crippen LogP contribution in [0.3, 0.4) is 0 Å². The first kappa shape index (κ1) is 31.1. The van der Waals surface area contributed by atoms with Crippen LogP contribution >= 0.6 is 0 Å². The number of alkyl carbamates (subject to hydrolysis) is 1. The van der Waals surface area contributed by atoms with Crippen molar-refractivity contribution in [3.63, 3.8) is 0 Å². The largest absolute Gasteiger partial charge is 0.469 e. The summed E-state index contributed by atoms with van der Waals surface area (Å²) in [7, 11) is 1.11. The van der Waals surface area contributed by atoms with Crippen LogP contribution in [-0.2, 0) is 36.5 Å². The van der Waals surface area contributed by atoms with Crippen LogP contribution in [0, 0.1) is 0 Å². The SMILES string of the molecule is COC(=O)C[C@H](NC(=O)OC(C)(C)C)C(=O)NC(CCc1ccccc1)C(=O)Nc1cccc(C(F)(F)F)c1.